The summed E-state index contributed by atoms with van der Waals surface area (Å²) in [5.74, 6) is -3.94. The Hall–Kier alpha value is -2.99. The molecule has 1 saturated heterocycles. The Morgan fingerprint density at radius 1 is 1.23 bits per heavy atom. The molecule has 2 aromatic rings. The normalized spacial score (nSPS) is 24.4. The molecule has 3 unspecified atom stereocenters. The van der Waals surface area contributed by atoms with Gasteiger partial charge in [0.1, 0.15) is 29.7 Å². The molecule has 1 saturated carbocycles. The first kappa shape index (κ1) is 21.2. The van der Waals surface area contributed by atoms with Crippen LogP contribution in [0.5, 0.6) is 5.75 Å². The van der Waals surface area contributed by atoms with Crippen molar-refractivity contribution in [1.82, 2.24) is 4.98 Å². The zero-order valence-electron chi connectivity index (χ0n) is 15.5. The molecule has 0 bridgehead atoms. The van der Waals surface area contributed by atoms with E-state index in [2.05, 4.69) is 0 Å². The van der Waals surface area contributed by atoms with Crippen LogP contribution in [0.3, 0.4) is 0 Å². The second-order valence-corrected chi connectivity index (χ2v) is 7.11. The van der Waals surface area contributed by atoms with Crippen molar-refractivity contribution >= 4 is 5.91 Å². The smallest absolute Gasteiger partial charge is 0.431 e. The van der Waals surface area contributed by atoms with E-state index in [-0.39, 0.29) is 24.5 Å². The summed E-state index contributed by atoms with van der Waals surface area (Å²) in [7, 11) is 0. The quantitative estimate of drug-likeness (QED) is 0.687. The number of fused-ring (bicyclic) bond motifs is 1. The number of rotatable bonds is 5. The van der Waals surface area contributed by atoms with Gasteiger partial charge in [0, 0.05) is 5.56 Å². The number of aromatic nitrogens is 1. The number of hydrogen-bond donors (Lipinski definition) is 2. The second-order valence-electron chi connectivity index (χ2n) is 7.11. The van der Waals surface area contributed by atoms with Crippen molar-refractivity contribution in [1.29, 1.82) is 0 Å². The number of hydrogen-bond acceptors (Lipinski definition) is 5. The second kappa shape index (κ2) is 7.31. The van der Waals surface area contributed by atoms with Gasteiger partial charge in [0.25, 0.3) is 11.5 Å². The van der Waals surface area contributed by atoms with Crippen molar-refractivity contribution in [2.75, 3.05) is 13.2 Å². The minimum Gasteiger partial charge on any atom is -0.491 e. The third-order valence-corrected chi connectivity index (χ3v) is 4.92. The number of carbonyl (C=O) groups excluding carboxylic acids is 1. The molecule has 12 heteroatoms. The lowest BCUT2D eigenvalue weighted by Gasteiger charge is -2.21. The molecule has 2 fully saturated rings. The average Bonchev–Trinajstić information content (AvgIpc) is 3.26. The maximum Gasteiger partial charge on any atom is 0.431 e. The minimum atomic E-state index is -4.89. The highest BCUT2D eigenvalue weighted by atomic mass is 19.4. The number of nitrogens with one attached hydrogen (secondary N) is 1. The first-order valence-electron chi connectivity index (χ1n) is 9.01. The minimum absolute atomic E-state index is 0.0381. The average molecular weight is 446 g/mol. The van der Waals surface area contributed by atoms with Crippen LogP contribution in [-0.4, -0.2) is 48.3 Å². The molecule has 1 amide bonds. The molecule has 0 spiro atoms. The molecule has 0 radical (unpaired) electrons. The van der Waals surface area contributed by atoms with Gasteiger partial charge in [-0.15, -0.1) is 0 Å². The molecule has 3 atom stereocenters. The number of ether oxygens (including phenoxy) is 3. The summed E-state index contributed by atoms with van der Waals surface area (Å²) in [4.78, 5) is 24.7. The summed E-state index contributed by atoms with van der Waals surface area (Å²) in [6.07, 6.45) is -8.13. The molecule has 3 N–H and O–H groups in total. The molecule has 7 nitrogen and oxygen atoms in total. The molecule has 2 aliphatic rings. The maximum atomic E-state index is 13.4. The third-order valence-electron chi connectivity index (χ3n) is 4.92. The molecule has 1 aromatic carbocycles. The van der Waals surface area contributed by atoms with E-state index in [4.69, 9.17) is 19.9 Å². The van der Waals surface area contributed by atoms with Gasteiger partial charge in [-0.25, -0.2) is 8.78 Å². The van der Waals surface area contributed by atoms with Crippen LogP contribution in [-0.2, 0) is 15.7 Å². The lowest BCUT2D eigenvalue weighted by Crippen LogP contribution is -2.33. The van der Waals surface area contributed by atoms with E-state index < -0.39 is 58.7 Å². The molecule has 31 heavy (non-hydrogen) atoms. The molecule has 4 rings (SSSR count). The third kappa shape index (κ3) is 4.00. The number of alkyl halides is 5. The number of pyridine rings is 1. The van der Waals surface area contributed by atoms with Crippen LogP contribution in [0.2, 0.25) is 0 Å². The van der Waals surface area contributed by atoms with Gasteiger partial charge >= 0.3 is 12.1 Å². The number of halogens is 5. The van der Waals surface area contributed by atoms with Crippen LogP contribution < -0.4 is 16.0 Å². The molecular weight excluding hydrogens is 431 g/mol. The zero-order chi connectivity index (χ0) is 22.6. The van der Waals surface area contributed by atoms with Gasteiger partial charge in [0.15, 0.2) is 12.2 Å². The van der Waals surface area contributed by atoms with Gasteiger partial charge in [-0.2, -0.15) is 13.2 Å². The SMILES string of the molecule is NC(=O)c1cc(-c2ccc(OCC3COC4C(O3)C4(F)F)cc2)c(C(F)(F)F)[nH]c1=O. The number of aromatic amines is 1. The lowest BCUT2D eigenvalue weighted by atomic mass is 10.0. The summed E-state index contributed by atoms with van der Waals surface area (Å²) in [6.45, 7) is -0.173. The summed E-state index contributed by atoms with van der Waals surface area (Å²) >= 11 is 0. The van der Waals surface area contributed by atoms with Crippen LogP contribution in [0.1, 0.15) is 16.1 Å². The van der Waals surface area contributed by atoms with Crippen LogP contribution in [0.15, 0.2) is 35.1 Å². The number of H-pyrrole nitrogens is 1. The first-order valence-corrected chi connectivity index (χ1v) is 9.01. The predicted octanol–water partition coefficient (Wildman–Crippen LogP) is 2.34. The van der Waals surface area contributed by atoms with Crippen molar-refractivity contribution < 1.29 is 41.0 Å². The van der Waals surface area contributed by atoms with Crippen LogP contribution in [0.25, 0.3) is 11.1 Å². The van der Waals surface area contributed by atoms with Crippen molar-refractivity contribution in [3.05, 3.63) is 51.9 Å². The fourth-order valence-corrected chi connectivity index (χ4v) is 3.26. The Labute approximate surface area is 170 Å². The van der Waals surface area contributed by atoms with Gasteiger partial charge < -0.3 is 24.9 Å². The Bertz CT molecular complexity index is 1070. The van der Waals surface area contributed by atoms with Crippen molar-refractivity contribution in [2.45, 2.75) is 30.4 Å². The summed E-state index contributed by atoms with van der Waals surface area (Å²) in [5.41, 5.74) is 1.45. The van der Waals surface area contributed by atoms with E-state index in [0.717, 1.165) is 6.07 Å². The van der Waals surface area contributed by atoms with Gasteiger partial charge in [0.2, 0.25) is 0 Å². The van der Waals surface area contributed by atoms with Gasteiger partial charge in [-0.05, 0) is 23.8 Å². The highest BCUT2D eigenvalue weighted by Crippen LogP contribution is 2.49. The zero-order valence-corrected chi connectivity index (χ0v) is 15.5. The maximum absolute atomic E-state index is 13.4. The molecule has 1 aliphatic carbocycles. The fraction of sp³-hybridized carbons (Fsp3) is 0.368. The van der Waals surface area contributed by atoms with Crippen molar-refractivity contribution in [3.8, 4) is 16.9 Å². The fourth-order valence-electron chi connectivity index (χ4n) is 3.26. The number of benzene rings is 1. The van der Waals surface area contributed by atoms with Gasteiger partial charge in [-0.3, -0.25) is 9.59 Å². The van der Waals surface area contributed by atoms with E-state index in [9.17, 15) is 31.5 Å². The summed E-state index contributed by atoms with van der Waals surface area (Å²) < 4.78 is 82.2. The number of primary amides is 1. The largest absolute Gasteiger partial charge is 0.491 e. The predicted molar refractivity (Wildman–Crippen MR) is 94.9 cm³/mol. The monoisotopic (exact) mass is 446 g/mol. The van der Waals surface area contributed by atoms with E-state index in [1.165, 1.54) is 24.3 Å². The topological polar surface area (TPSA) is 104 Å². The Morgan fingerprint density at radius 3 is 2.48 bits per heavy atom. The first-order chi connectivity index (χ1) is 14.5. The van der Waals surface area contributed by atoms with E-state index >= 15 is 0 Å². The Balaban J connectivity index is 1.51. The van der Waals surface area contributed by atoms with Crippen LogP contribution in [0, 0.1) is 0 Å². The highest BCUT2D eigenvalue weighted by molar-refractivity contribution is 5.94. The molecular formula is C19H15F5N2O5. The van der Waals surface area contributed by atoms with Gasteiger partial charge in [-0.1, -0.05) is 12.1 Å². The van der Waals surface area contributed by atoms with E-state index in [1.807, 2.05) is 0 Å². The molecule has 1 aliphatic heterocycles. The van der Waals surface area contributed by atoms with Crippen LogP contribution in [0.4, 0.5) is 22.0 Å². The van der Waals surface area contributed by atoms with Crippen molar-refractivity contribution in [3.63, 3.8) is 0 Å². The number of nitrogens with two attached hydrogens (primary N) is 1. The van der Waals surface area contributed by atoms with E-state index in [1.54, 1.807) is 4.98 Å². The Kier molecular flexibility index (Phi) is 5.01. The standard InChI is InChI=1S/C19H15F5N2O5/c20-18(21)14-15(18)31-10(7-30-14)6-29-9-3-1-8(2-4-9)11-5-12(16(25)27)17(28)26-13(11)19(22,23)24/h1-5,10,14-15H,6-7H2,(H2,25,27)(H,26,28). The molecule has 1 aromatic heterocycles. The highest BCUT2D eigenvalue weighted by Gasteiger charge is 2.73. The lowest BCUT2D eigenvalue weighted by molar-refractivity contribution is -0.140. The molecule has 166 valence electrons. The van der Waals surface area contributed by atoms with Crippen molar-refractivity contribution in [2.24, 2.45) is 5.73 Å². The van der Waals surface area contributed by atoms with Gasteiger partial charge in [0.05, 0.1) is 6.61 Å². The van der Waals surface area contributed by atoms with Crippen LogP contribution >= 0.6 is 0 Å². The van der Waals surface area contributed by atoms with E-state index in [0.29, 0.717) is 0 Å². The Morgan fingerprint density at radius 2 is 1.90 bits per heavy atom. The summed E-state index contributed by atoms with van der Waals surface area (Å²) in [5, 5.41) is 0. The molecule has 2 heterocycles. The number of amides is 1. The number of carbonyl (C=O) groups is 1. The summed E-state index contributed by atoms with van der Waals surface area (Å²) in [6, 6.07) is 6.05.